The molecule has 90 valence electrons. The van der Waals surface area contributed by atoms with Crippen molar-refractivity contribution in [1.29, 1.82) is 0 Å². The molecule has 3 rings (SSSR count). The van der Waals surface area contributed by atoms with Crippen molar-refractivity contribution < 1.29 is 9.53 Å². The van der Waals surface area contributed by atoms with Crippen LogP contribution in [0.15, 0.2) is 18.2 Å². The van der Waals surface area contributed by atoms with Crippen molar-refractivity contribution in [2.75, 3.05) is 25.1 Å². The van der Waals surface area contributed by atoms with E-state index in [1.54, 1.807) is 7.11 Å². The summed E-state index contributed by atoms with van der Waals surface area (Å²) in [5, 5.41) is 2.97. The van der Waals surface area contributed by atoms with E-state index >= 15 is 0 Å². The summed E-state index contributed by atoms with van der Waals surface area (Å²) < 4.78 is 5.41. The number of hydrogen-bond donors (Lipinski definition) is 1. The molecule has 0 radical (unpaired) electrons. The van der Waals surface area contributed by atoms with E-state index in [1.807, 2.05) is 12.1 Å². The van der Waals surface area contributed by atoms with Gasteiger partial charge in [-0.2, -0.15) is 0 Å². The molecule has 0 saturated carbocycles. The Labute approximate surface area is 101 Å². The van der Waals surface area contributed by atoms with E-state index < -0.39 is 0 Å². The Bertz CT molecular complexity index is 459. The molecule has 1 fully saturated rings. The standard InChI is InChI=1S/C13H16N2O2/c1-17-11-5-2-4-9-8-10-13(16)14-6-3-7-15(10)12(9)11/h2,4-5,10H,3,6-8H2,1H3,(H,14,16). The first kappa shape index (κ1) is 10.4. The van der Waals surface area contributed by atoms with Crippen LogP contribution in [0.2, 0.25) is 0 Å². The number of carbonyl (C=O) groups excluding carboxylic acids is 1. The van der Waals surface area contributed by atoms with E-state index in [-0.39, 0.29) is 11.9 Å². The molecule has 0 aromatic heterocycles. The van der Waals surface area contributed by atoms with Gasteiger partial charge in [0.2, 0.25) is 5.91 Å². The molecule has 1 aromatic rings. The Hall–Kier alpha value is -1.71. The number of nitrogens with zero attached hydrogens (tertiary/aromatic N) is 1. The maximum atomic E-state index is 12.0. The normalized spacial score (nSPS) is 22.5. The summed E-state index contributed by atoms with van der Waals surface area (Å²) >= 11 is 0. The third-order valence-electron chi connectivity index (χ3n) is 3.56. The zero-order valence-electron chi connectivity index (χ0n) is 9.90. The lowest BCUT2D eigenvalue weighted by Gasteiger charge is -2.24. The molecule has 0 aliphatic carbocycles. The van der Waals surface area contributed by atoms with Gasteiger partial charge in [0.1, 0.15) is 11.8 Å². The van der Waals surface area contributed by atoms with Gasteiger partial charge >= 0.3 is 0 Å². The summed E-state index contributed by atoms with van der Waals surface area (Å²) in [5.41, 5.74) is 2.32. The number of benzene rings is 1. The van der Waals surface area contributed by atoms with Crippen LogP contribution in [0.25, 0.3) is 0 Å². The summed E-state index contributed by atoms with van der Waals surface area (Å²) in [7, 11) is 1.68. The molecule has 2 aliphatic rings. The van der Waals surface area contributed by atoms with Crippen molar-refractivity contribution in [3.63, 3.8) is 0 Å². The number of rotatable bonds is 1. The largest absolute Gasteiger partial charge is 0.495 e. The minimum atomic E-state index is -0.0520. The molecule has 4 heteroatoms. The molecular formula is C13H16N2O2. The zero-order valence-corrected chi connectivity index (χ0v) is 9.90. The van der Waals surface area contributed by atoms with Gasteiger partial charge < -0.3 is 15.0 Å². The van der Waals surface area contributed by atoms with Crippen LogP contribution in [0.3, 0.4) is 0 Å². The van der Waals surface area contributed by atoms with E-state index in [0.29, 0.717) is 0 Å². The van der Waals surface area contributed by atoms with Gasteiger partial charge in [-0.05, 0) is 18.1 Å². The summed E-state index contributed by atoms with van der Waals surface area (Å²) in [6.07, 6.45) is 1.78. The highest BCUT2D eigenvalue weighted by Gasteiger charge is 2.37. The molecule has 1 atom stereocenters. The molecule has 4 nitrogen and oxygen atoms in total. The first-order valence-electron chi connectivity index (χ1n) is 6.01. The fraction of sp³-hybridized carbons (Fsp3) is 0.462. The van der Waals surface area contributed by atoms with E-state index in [0.717, 1.165) is 37.4 Å². The molecule has 1 amide bonds. The van der Waals surface area contributed by atoms with E-state index in [1.165, 1.54) is 5.56 Å². The number of anilines is 1. The number of nitrogens with one attached hydrogen (secondary N) is 1. The summed E-state index contributed by atoms with van der Waals surface area (Å²) in [6, 6.07) is 5.98. The Balaban J connectivity index is 2.05. The van der Waals surface area contributed by atoms with Gasteiger partial charge in [-0.3, -0.25) is 4.79 Å². The second-order valence-electron chi connectivity index (χ2n) is 4.53. The van der Waals surface area contributed by atoms with Crippen LogP contribution in [0, 0.1) is 0 Å². The third-order valence-corrected chi connectivity index (χ3v) is 3.56. The van der Waals surface area contributed by atoms with E-state index in [4.69, 9.17) is 4.74 Å². The predicted molar refractivity (Wildman–Crippen MR) is 65.5 cm³/mol. The highest BCUT2D eigenvalue weighted by molar-refractivity contribution is 5.89. The molecule has 1 unspecified atom stereocenters. The number of fused-ring (bicyclic) bond motifs is 3. The number of carbonyl (C=O) groups is 1. The summed E-state index contributed by atoms with van der Waals surface area (Å²) in [5.74, 6) is 1.01. The van der Waals surface area contributed by atoms with Crippen molar-refractivity contribution in [3.05, 3.63) is 23.8 Å². The Morgan fingerprint density at radius 2 is 2.35 bits per heavy atom. The maximum absolute atomic E-state index is 12.0. The summed E-state index contributed by atoms with van der Waals surface area (Å²) in [6.45, 7) is 1.69. The molecular weight excluding hydrogens is 216 g/mol. The van der Waals surface area contributed by atoms with Crippen molar-refractivity contribution in [2.24, 2.45) is 0 Å². The van der Waals surface area contributed by atoms with Crippen LogP contribution in [0.1, 0.15) is 12.0 Å². The molecule has 0 spiro atoms. The van der Waals surface area contributed by atoms with Gasteiger partial charge in [0, 0.05) is 19.5 Å². The lowest BCUT2D eigenvalue weighted by atomic mass is 10.1. The molecule has 1 saturated heterocycles. The fourth-order valence-electron chi connectivity index (χ4n) is 2.78. The van der Waals surface area contributed by atoms with Gasteiger partial charge in [-0.25, -0.2) is 0 Å². The first-order valence-corrected chi connectivity index (χ1v) is 6.01. The minimum Gasteiger partial charge on any atom is -0.495 e. The number of hydrogen-bond acceptors (Lipinski definition) is 3. The zero-order chi connectivity index (χ0) is 11.8. The van der Waals surface area contributed by atoms with Gasteiger partial charge in [-0.15, -0.1) is 0 Å². The highest BCUT2D eigenvalue weighted by atomic mass is 16.5. The van der Waals surface area contributed by atoms with Crippen LogP contribution < -0.4 is 15.0 Å². The fourth-order valence-corrected chi connectivity index (χ4v) is 2.78. The molecule has 1 N–H and O–H groups in total. The van der Waals surface area contributed by atoms with Gasteiger partial charge in [-0.1, -0.05) is 12.1 Å². The van der Waals surface area contributed by atoms with Crippen molar-refractivity contribution in [3.8, 4) is 5.75 Å². The molecule has 17 heavy (non-hydrogen) atoms. The third kappa shape index (κ3) is 1.55. The van der Waals surface area contributed by atoms with Crippen LogP contribution in [0.4, 0.5) is 5.69 Å². The smallest absolute Gasteiger partial charge is 0.243 e. The average molecular weight is 232 g/mol. The molecule has 2 aliphatic heterocycles. The second kappa shape index (κ2) is 3.95. The lowest BCUT2D eigenvalue weighted by Crippen LogP contribution is -2.42. The second-order valence-corrected chi connectivity index (χ2v) is 4.53. The Morgan fingerprint density at radius 3 is 3.18 bits per heavy atom. The first-order chi connectivity index (χ1) is 8.31. The van der Waals surface area contributed by atoms with Gasteiger partial charge in [0.25, 0.3) is 0 Å². The van der Waals surface area contributed by atoms with Crippen molar-refractivity contribution in [1.82, 2.24) is 5.32 Å². The van der Waals surface area contributed by atoms with Crippen LogP contribution >= 0.6 is 0 Å². The van der Waals surface area contributed by atoms with Crippen LogP contribution in [-0.2, 0) is 11.2 Å². The quantitative estimate of drug-likeness (QED) is 0.783. The van der Waals surface area contributed by atoms with Gasteiger partial charge in [0.15, 0.2) is 0 Å². The lowest BCUT2D eigenvalue weighted by molar-refractivity contribution is -0.121. The average Bonchev–Trinajstić information content (AvgIpc) is 2.64. The minimum absolute atomic E-state index is 0.0520. The molecule has 0 bridgehead atoms. The molecule has 2 heterocycles. The number of para-hydroxylation sites is 1. The summed E-state index contributed by atoms with van der Waals surface area (Å²) in [4.78, 5) is 14.2. The maximum Gasteiger partial charge on any atom is 0.243 e. The van der Waals surface area contributed by atoms with E-state index in [2.05, 4.69) is 16.3 Å². The predicted octanol–water partition coefficient (Wildman–Crippen LogP) is 0.946. The monoisotopic (exact) mass is 232 g/mol. The molecule has 1 aromatic carbocycles. The van der Waals surface area contributed by atoms with Crippen LogP contribution in [-0.4, -0.2) is 32.1 Å². The topological polar surface area (TPSA) is 41.6 Å². The van der Waals surface area contributed by atoms with Gasteiger partial charge in [0.05, 0.1) is 12.8 Å². The van der Waals surface area contributed by atoms with Crippen molar-refractivity contribution in [2.45, 2.75) is 18.9 Å². The van der Waals surface area contributed by atoms with Crippen molar-refractivity contribution >= 4 is 11.6 Å². The highest BCUT2D eigenvalue weighted by Crippen LogP contribution is 2.40. The van der Waals surface area contributed by atoms with E-state index in [9.17, 15) is 4.79 Å². The Morgan fingerprint density at radius 1 is 1.47 bits per heavy atom. The number of ether oxygens (including phenoxy) is 1. The number of amides is 1. The number of methoxy groups -OCH3 is 1. The SMILES string of the molecule is COc1cccc2c1N1CCCNC(=O)C1C2. The Kier molecular flexibility index (Phi) is 2.42. The van der Waals surface area contributed by atoms with Crippen LogP contribution in [0.5, 0.6) is 5.75 Å².